The van der Waals surface area contributed by atoms with Gasteiger partial charge in [0.15, 0.2) is 5.69 Å². The topological polar surface area (TPSA) is 62.6 Å². The van der Waals surface area contributed by atoms with Gasteiger partial charge in [0, 0.05) is 55.8 Å². The van der Waals surface area contributed by atoms with Crippen molar-refractivity contribution < 1.29 is 9.53 Å². The van der Waals surface area contributed by atoms with E-state index < -0.39 is 0 Å². The van der Waals surface area contributed by atoms with Crippen molar-refractivity contribution in [2.45, 2.75) is 32.6 Å². The van der Waals surface area contributed by atoms with E-state index in [1.165, 1.54) is 22.0 Å². The van der Waals surface area contributed by atoms with E-state index in [9.17, 15) is 4.79 Å². The van der Waals surface area contributed by atoms with Gasteiger partial charge in [-0.2, -0.15) is 5.10 Å². The molecule has 7 nitrogen and oxygen atoms in total. The average molecular weight is 548 g/mol. The van der Waals surface area contributed by atoms with Crippen molar-refractivity contribution in [3.05, 3.63) is 107 Å². The fourth-order valence-corrected chi connectivity index (χ4v) is 5.94. The van der Waals surface area contributed by atoms with Crippen LogP contribution in [0.15, 0.2) is 78.9 Å². The molecule has 1 amide bonds. The van der Waals surface area contributed by atoms with Gasteiger partial charge >= 0.3 is 0 Å². The van der Waals surface area contributed by atoms with Crippen LogP contribution in [0.3, 0.4) is 0 Å². The van der Waals surface area contributed by atoms with E-state index in [-0.39, 0.29) is 5.91 Å². The molecule has 2 heterocycles. The third-order valence-corrected chi connectivity index (χ3v) is 8.09. The molecule has 1 aromatic heterocycles. The molecule has 1 aliphatic heterocycles. The number of hydrogen-bond donors (Lipinski definition) is 1. The van der Waals surface area contributed by atoms with Gasteiger partial charge < -0.3 is 15.0 Å². The molecule has 0 aliphatic carbocycles. The molecule has 1 N–H and O–H groups in total. The van der Waals surface area contributed by atoms with Crippen LogP contribution >= 0.6 is 0 Å². The highest BCUT2D eigenvalue weighted by atomic mass is 16.5. The quantitative estimate of drug-likeness (QED) is 0.273. The number of hydrogen-bond acceptors (Lipinski definition) is 5. The first-order valence-electron chi connectivity index (χ1n) is 14.3. The zero-order valence-corrected chi connectivity index (χ0v) is 24.1. The number of likely N-dealkylation sites (N-methyl/N-ethyl adjacent to an activating group) is 1. The van der Waals surface area contributed by atoms with E-state index in [0.29, 0.717) is 18.8 Å². The van der Waals surface area contributed by atoms with Gasteiger partial charge in [0.2, 0.25) is 0 Å². The lowest BCUT2D eigenvalue weighted by molar-refractivity contribution is 0.0942. The summed E-state index contributed by atoms with van der Waals surface area (Å²) in [5, 5.41) is 12.7. The third kappa shape index (κ3) is 5.56. The molecular formula is C34H37N5O2. The second-order valence-electron chi connectivity index (χ2n) is 11.1. The molecule has 6 rings (SSSR count). The maximum absolute atomic E-state index is 13.7. The van der Waals surface area contributed by atoms with Crippen LogP contribution < -0.4 is 10.1 Å². The second kappa shape index (κ2) is 11.7. The van der Waals surface area contributed by atoms with Gasteiger partial charge in [-0.25, -0.2) is 0 Å². The molecule has 0 unspecified atom stereocenters. The molecule has 41 heavy (non-hydrogen) atoms. The maximum Gasteiger partial charge on any atom is 0.272 e. The Kier molecular flexibility index (Phi) is 7.72. The van der Waals surface area contributed by atoms with Gasteiger partial charge in [0.25, 0.3) is 5.91 Å². The Morgan fingerprint density at radius 2 is 1.68 bits per heavy atom. The van der Waals surface area contributed by atoms with E-state index in [4.69, 9.17) is 9.84 Å². The van der Waals surface area contributed by atoms with Crippen LogP contribution in [0.1, 0.15) is 32.9 Å². The van der Waals surface area contributed by atoms with Gasteiger partial charge in [-0.3, -0.25) is 14.4 Å². The Morgan fingerprint density at radius 3 is 2.49 bits per heavy atom. The first-order valence-corrected chi connectivity index (χ1v) is 14.3. The fraction of sp³-hybridized carbons (Fsp3) is 0.294. The van der Waals surface area contributed by atoms with E-state index in [0.717, 1.165) is 60.2 Å². The summed E-state index contributed by atoms with van der Waals surface area (Å²) in [6, 6.07) is 27.1. The number of aromatic nitrogens is 2. The predicted molar refractivity (Wildman–Crippen MR) is 164 cm³/mol. The van der Waals surface area contributed by atoms with Crippen molar-refractivity contribution in [3.8, 4) is 5.75 Å². The lowest BCUT2D eigenvalue weighted by Gasteiger charge is -2.28. The number of nitrogens with zero attached hydrogens (tertiary/aromatic N) is 4. The van der Waals surface area contributed by atoms with E-state index in [2.05, 4.69) is 88.5 Å². The van der Waals surface area contributed by atoms with Gasteiger partial charge in [0.1, 0.15) is 5.75 Å². The van der Waals surface area contributed by atoms with Crippen LogP contribution in [0.2, 0.25) is 0 Å². The van der Waals surface area contributed by atoms with Crippen molar-refractivity contribution >= 4 is 27.5 Å². The van der Waals surface area contributed by atoms with Gasteiger partial charge in [-0.1, -0.05) is 72.8 Å². The Bertz CT molecular complexity index is 1700. The van der Waals surface area contributed by atoms with Crippen molar-refractivity contribution in [2.24, 2.45) is 0 Å². The number of carbonyl (C=O) groups is 1. The maximum atomic E-state index is 13.7. The standard InChI is InChI=1S/C34H37N5O2/c1-37(2)19-20-39-31-17-18-38(22-26-15-16-32(41-3)29-14-7-6-13-28(26)29)23-30(31)33(36-39)34(40)35-21-25-11-8-10-24-9-4-5-12-27(24)25/h4-16H,17-23H2,1-3H3,(H,35,40). The summed E-state index contributed by atoms with van der Waals surface area (Å²) in [7, 11) is 5.84. The van der Waals surface area contributed by atoms with Crippen LogP contribution in [0, 0.1) is 0 Å². The zero-order valence-electron chi connectivity index (χ0n) is 24.1. The lowest BCUT2D eigenvalue weighted by Crippen LogP contribution is -2.32. The average Bonchev–Trinajstić information content (AvgIpc) is 3.37. The third-order valence-electron chi connectivity index (χ3n) is 8.09. The molecule has 210 valence electrons. The highest BCUT2D eigenvalue weighted by Gasteiger charge is 2.28. The molecule has 0 saturated heterocycles. The monoisotopic (exact) mass is 547 g/mol. The van der Waals surface area contributed by atoms with Crippen molar-refractivity contribution in [1.29, 1.82) is 0 Å². The smallest absolute Gasteiger partial charge is 0.272 e. The molecule has 0 fully saturated rings. The molecule has 7 heteroatoms. The number of ether oxygens (including phenoxy) is 1. The van der Waals surface area contributed by atoms with Crippen LogP contribution in [0.4, 0.5) is 0 Å². The van der Waals surface area contributed by atoms with Crippen LogP contribution in [0.5, 0.6) is 5.75 Å². The summed E-state index contributed by atoms with van der Waals surface area (Å²) in [6.45, 7) is 4.49. The van der Waals surface area contributed by atoms with Crippen molar-refractivity contribution in [2.75, 3.05) is 34.3 Å². The van der Waals surface area contributed by atoms with Crippen LogP contribution in [0.25, 0.3) is 21.5 Å². The number of nitrogens with one attached hydrogen (secondary N) is 1. The highest BCUT2D eigenvalue weighted by molar-refractivity contribution is 5.95. The highest BCUT2D eigenvalue weighted by Crippen LogP contribution is 2.31. The summed E-state index contributed by atoms with van der Waals surface area (Å²) >= 11 is 0. The van der Waals surface area contributed by atoms with Crippen molar-refractivity contribution in [1.82, 2.24) is 24.9 Å². The van der Waals surface area contributed by atoms with Crippen LogP contribution in [-0.4, -0.2) is 59.8 Å². The van der Waals surface area contributed by atoms with E-state index in [1.54, 1.807) is 7.11 Å². The Morgan fingerprint density at radius 1 is 0.927 bits per heavy atom. The molecule has 0 radical (unpaired) electrons. The minimum Gasteiger partial charge on any atom is -0.496 e. The minimum absolute atomic E-state index is 0.116. The Hall–Kier alpha value is -4.20. The minimum atomic E-state index is -0.116. The van der Waals surface area contributed by atoms with Crippen LogP contribution in [-0.2, 0) is 32.6 Å². The Labute approximate surface area is 241 Å². The summed E-state index contributed by atoms with van der Waals surface area (Å²) in [5.74, 6) is 0.770. The van der Waals surface area contributed by atoms with Gasteiger partial charge in [0.05, 0.1) is 13.7 Å². The number of rotatable bonds is 9. The first-order chi connectivity index (χ1) is 20.0. The normalized spacial score (nSPS) is 13.6. The second-order valence-corrected chi connectivity index (χ2v) is 11.1. The van der Waals surface area contributed by atoms with E-state index in [1.807, 2.05) is 24.3 Å². The molecule has 0 saturated carbocycles. The molecule has 1 aliphatic rings. The first kappa shape index (κ1) is 27.0. The number of amides is 1. The fourth-order valence-electron chi connectivity index (χ4n) is 5.94. The molecule has 0 atom stereocenters. The number of fused-ring (bicyclic) bond motifs is 3. The van der Waals surface area contributed by atoms with Crippen molar-refractivity contribution in [3.63, 3.8) is 0 Å². The SMILES string of the molecule is COc1ccc(CN2CCc3c(c(C(=O)NCc4cccc5ccccc45)nn3CCN(C)C)C2)c2ccccc12. The van der Waals surface area contributed by atoms with E-state index >= 15 is 0 Å². The summed E-state index contributed by atoms with van der Waals surface area (Å²) in [6.07, 6.45) is 0.862. The molecule has 4 aromatic carbocycles. The zero-order chi connectivity index (χ0) is 28.3. The number of methoxy groups -OCH3 is 1. The summed E-state index contributed by atoms with van der Waals surface area (Å²) in [4.78, 5) is 18.2. The number of benzene rings is 4. The number of carbonyl (C=O) groups excluding carboxylic acids is 1. The predicted octanol–water partition coefficient (Wildman–Crippen LogP) is 5.25. The molecule has 5 aromatic rings. The molecular weight excluding hydrogens is 510 g/mol. The Balaban J connectivity index is 1.26. The molecule has 0 bridgehead atoms. The summed E-state index contributed by atoms with van der Waals surface area (Å²) in [5.41, 5.74) is 5.13. The molecule has 0 spiro atoms. The lowest BCUT2D eigenvalue weighted by atomic mass is 10.0. The van der Waals surface area contributed by atoms with Gasteiger partial charge in [-0.15, -0.1) is 0 Å². The largest absolute Gasteiger partial charge is 0.496 e. The summed E-state index contributed by atoms with van der Waals surface area (Å²) < 4.78 is 7.67. The van der Waals surface area contributed by atoms with Gasteiger partial charge in [-0.05, 0) is 47.4 Å².